The van der Waals surface area contributed by atoms with Crippen LogP contribution < -0.4 is 14.4 Å². The van der Waals surface area contributed by atoms with E-state index in [2.05, 4.69) is 15.2 Å². The molecular weight excluding hydrogens is 450 g/mol. The van der Waals surface area contributed by atoms with E-state index in [-0.39, 0.29) is 28.6 Å². The normalized spacial score (nSPS) is 14.4. The van der Waals surface area contributed by atoms with E-state index in [0.717, 1.165) is 0 Å². The summed E-state index contributed by atoms with van der Waals surface area (Å²) in [4.78, 5) is 41.2. The highest BCUT2D eigenvalue weighted by Gasteiger charge is 2.38. The van der Waals surface area contributed by atoms with E-state index in [0.29, 0.717) is 16.4 Å². The van der Waals surface area contributed by atoms with Crippen molar-refractivity contribution in [2.45, 2.75) is 25.2 Å². The Hall–Kier alpha value is -4.06. The summed E-state index contributed by atoms with van der Waals surface area (Å²) in [6.07, 6.45) is 0.466. The highest BCUT2D eigenvalue weighted by atomic mass is 32.2. The number of carbonyl (C=O) groups excluding carboxylic acids is 2. The molecule has 2 aromatic carbocycles. The van der Waals surface area contributed by atoms with Crippen molar-refractivity contribution in [1.29, 1.82) is 0 Å². The first-order valence-electron chi connectivity index (χ1n) is 9.61. The molecular formula is C21H17N5O6S. The first kappa shape index (κ1) is 22.1. The number of nitrogens with zero attached hydrogens (tertiary/aromatic N) is 5. The molecule has 0 radical (unpaired) electrons. The van der Waals surface area contributed by atoms with Gasteiger partial charge in [0.2, 0.25) is 23.2 Å². The number of nitro groups is 1. The number of aromatic nitrogens is 3. The van der Waals surface area contributed by atoms with E-state index in [1.807, 2.05) is 0 Å². The number of esters is 1. The summed E-state index contributed by atoms with van der Waals surface area (Å²) in [5.74, 6) is -0.913. The molecule has 0 fully saturated rings. The Kier molecular flexibility index (Phi) is 5.92. The topological polar surface area (TPSA) is 138 Å². The molecule has 1 aromatic heterocycles. The van der Waals surface area contributed by atoms with Crippen LogP contribution in [0.2, 0.25) is 0 Å². The molecule has 1 amide bonds. The molecule has 1 aliphatic rings. The summed E-state index contributed by atoms with van der Waals surface area (Å²) in [5, 5.41) is 20.5. The average molecular weight is 467 g/mol. The lowest BCUT2D eigenvalue weighted by Gasteiger charge is -2.29. The van der Waals surface area contributed by atoms with Gasteiger partial charge in [0.15, 0.2) is 5.69 Å². The van der Waals surface area contributed by atoms with Gasteiger partial charge in [0.05, 0.1) is 16.2 Å². The monoisotopic (exact) mass is 467 g/mol. The predicted octanol–water partition coefficient (Wildman–Crippen LogP) is 3.54. The summed E-state index contributed by atoms with van der Waals surface area (Å²) < 4.78 is 11.2. The summed E-state index contributed by atoms with van der Waals surface area (Å²) in [7, 11) is 0. The first-order valence-corrected chi connectivity index (χ1v) is 10.8. The van der Waals surface area contributed by atoms with Gasteiger partial charge in [-0.25, -0.2) is 0 Å². The zero-order chi connectivity index (χ0) is 23.7. The third kappa shape index (κ3) is 4.20. The molecule has 4 rings (SSSR count). The molecule has 0 saturated carbocycles. The molecule has 0 spiro atoms. The Labute approximate surface area is 191 Å². The largest absolute Gasteiger partial charge is 0.447 e. The Morgan fingerprint density at radius 2 is 1.94 bits per heavy atom. The van der Waals surface area contributed by atoms with Gasteiger partial charge in [0.25, 0.3) is 5.69 Å². The molecule has 0 unspecified atom stereocenters. The molecule has 1 aliphatic heterocycles. The SMILES string of the molecule is CSc1nnc2c(n1)O[C@H](c1cc(OC(C)=O)ccc1[N+](=O)[O-])N(C(C)=O)c1ccccc1-2. The van der Waals surface area contributed by atoms with Crippen LogP contribution in [0, 0.1) is 10.1 Å². The lowest BCUT2D eigenvalue weighted by atomic mass is 10.1. The number of rotatable bonds is 4. The van der Waals surface area contributed by atoms with Gasteiger partial charge >= 0.3 is 5.97 Å². The van der Waals surface area contributed by atoms with Gasteiger partial charge in [-0.3, -0.25) is 24.6 Å². The van der Waals surface area contributed by atoms with Crippen molar-refractivity contribution in [3.8, 4) is 22.9 Å². The Balaban J connectivity index is 2.00. The second-order valence-electron chi connectivity index (χ2n) is 6.90. The van der Waals surface area contributed by atoms with Crippen molar-refractivity contribution in [3.05, 3.63) is 58.1 Å². The quantitative estimate of drug-likeness (QED) is 0.184. The van der Waals surface area contributed by atoms with Gasteiger partial charge in [-0.15, -0.1) is 10.2 Å². The number of carbonyl (C=O) groups is 2. The maximum Gasteiger partial charge on any atom is 0.308 e. The molecule has 33 heavy (non-hydrogen) atoms. The number of fused-ring (bicyclic) bond motifs is 3. The summed E-state index contributed by atoms with van der Waals surface area (Å²) in [6, 6.07) is 10.7. The predicted molar refractivity (Wildman–Crippen MR) is 118 cm³/mol. The van der Waals surface area contributed by atoms with Crippen LogP contribution in [0.1, 0.15) is 25.6 Å². The number of hydrogen-bond donors (Lipinski definition) is 0. The van der Waals surface area contributed by atoms with Crippen LogP contribution in [0.5, 0.6) is 11.6 Å². The fourth-order valence-corrected chi connectivity index (χ4v) is 3.76. The minimum atomic E-state index is -1.30. The Morgan fingerprint density at radius 3 is 2.61 bits per heavy atom. The number of ether oxygens (including phenoxy) is 2. The number of amides is 1. The second-order valence-corrected chi connectivity index (χ2v) is 7.67. The van der Waals surface area contributed by atoms with Gasteiger partial charge in [-0.05, 0) is 24.5 Å². The number of nitro benzene ring substituents is 1. The number of para-hydroxylation sites is 1. The zero-order valence-corrected chi connectivity index (χ0v) is 18.5. The second kappa shape index (κ2) is 8.82. The number of thioether (sulfide) groups is 1. The molecule has 0 aliphatic carbocycles. The lowest BCUT2D eigenvalue weighted by molar-refractivity contribution is -0.386. The van der Waals surface area contributed by atoms with Crippen molar-refractivity contribution in [3.63, 3.8) is 0 Å². The maximum absolute atomic E-state index is 12.8. The van der Waals surface area contributed by atoms with Gasteiger partial charge < -0.3 is 9.47 Å². The minimum absolute atomic E-state index is 0.000849. The van der Waals surface area contributed by atoms with Crippen molar-refractivity contribution >= 4 is 35.0 Å². The van der Waals surface area contributed by atoms with Crippen molar-refractivity contribution in [2.75, 3.05) is 11.2 Å². The third-order valence-electron chi connectivity index (χ3n) is 4.76. The van der Waals surface area contributed by atoms with Crippen molar-refractivity contribution in [2.24, 2.45) is 0 Å². The van der Waals surface area contributed by atoms with Gasteiger partial charge in [0, 0.05) is 25.5 Å². The van der Waals surface area contributed by atoms with Crippen molar-refractivity contribution in [1.82, 2.24) is 15.2 Å². The summed E-state index contributed by atoms with van der Waals surface area (Å²) >= 11 is 1.24. The molecule has 168 valence electrons. The van der Waals surface area contributed by atoms with Crippen LogP contribution in [0.15, 0.2) is 47.6 Å². The first-order chi connectivity index (χ1) is 15.8. The van der Waals surface area contributed by atoms with Crippen LogP contribution in [0.3, 0.4) is 0 Å². The van der Waals surface area contributed by atoms with E-state index < -0.39 is 23.0 Å². The fraction of sp³-hybridized carbons (Fsp3) is 0.190. The number of hydrogen-bond acceptors (Lipinski definition) is 10. The van der Waals surface area contributed by atoms with E-state index >= 15 is 0 Å². The summed E-state index contributed by atoms with van der Waals surface area (Å²) in [5.41, 5.74) is 0.901. The van der Waals surface area contributed by atoms with E-state index in [9.17, 15) is 19.7 Å². The average Bonchev–Trinajstić information content (AvgIpc) is 2.92. The van der Waals surface area contributed by atoms with Gasteiger partial charge in [0.1, 0.15) is 5.75 Å². The molecule has 2 heterocycles. The van der Waals surface area contributed by atoms with Crippen molar-refractivity contribution < 1.29 is 24.0 Å². The van der Waals surface area contributed by atoms with Crippen LogP contribution >= 0.6 is 11.8 Å². The Morgan fingerprint density at radius 1 is 1.18 bits per heavy atom. The molecule has 0 N–H and O–H groups in total. The molecule has 3 aromatic rings. The van der Waals surface area contributed by atoms with Crippen LogP contribution in [0.25, 0.3) is 11.3 Å². The summed E-state index contributed by atoms with van der Waals surface area (Å²) in [6.45, 7) is 2.53. The van der Waals surface area contributed by atoms with E-state index in [1.54, 1.807) is 30.5 Å². The molecule has 11 nitrogen and oxygen atoms in total. The highest BCUT2D eigenvalue weighted by Crippen LogP contribution is 2.45. The zero-order valence-electron chi connectivity index (χ0n) is 17.7. The van der Waals surface area contributed by atoms with E-state index in [1.165, 1.54) is 48.7 Å². The van der Waals surface area contributed by atoms with Gasteiger partial charge in [-0.1, -0.05) is 30.0 Å². The fourth-order valence-electron chi connectivity index (χ4n) is 3.47. The molecule has 0 bridgehead atoms. The molecule has 1 atom stereocenters. The maximum atomic E-state index is 12.8. The van der Waals surface area contributed by atoms with Crippen LogP contribution in [-0.2, 0) is 9.59 Å². The van der Waals surface area contributed by atoms with Gasteiger partial charge in [-0.2, -0.15) is 4.98 Å². The number of anilines is 1. The van der Waals surface area contributed by atoms with Crippen LogP contribution in [-0.4, -0.2) is 38.2 Å². The Bertz CT molecular complexity index is 1280. The smallest absolute Gasteiger partial charge is 0.308 e. The third-order valence-corrected chi connectivity index (χ3v) is 5.30. The minimum Gasteiger partial charge on any atom is -0.447 e. The highest BCUT2D eigenvalue weighted by molar-refractivity contribution is 7.98. The lowest BCUT2D eigenvalue weighted by Crippen LogP contribution is -2.36. The standard InChI is InChI=1S/C21H17N5O6S/c1-11(27)25-16-7-5-4-6-14(16)18-19(22-21(33-3)24-23-18)32-20(25)15-10-13(31-12(2)28)8-9-17(15)26(29)30/h4-10,20H,1-3H3/t20-/m1/s1. The van der Waals surface area contributed by atoms with E-state index in [4.69, 9.17) is 9.47 Å². The molecule has 12 heteroatoms. The molecule has 0 saturated heterocycles. The van der Waals surface area contributed by atoms with Crippen LogP contribution in [0.4, 0.5) is 11.4 Å². The number of benzene rings is 2.